The zero-order valence-corrected chi connectivity index (χ0v) is 20.2. The third kappa shape index (κ3) is 5.75. The van der Waals surface area contributed by atoms with Crippen LogP contribution < -0.4 is 14.4 Å². The molecule has 1 amide bonds. The van der Waals surface area contributed by atoms with Crippen LogP contribution in [0.15, 0.2) is 66.2 Å². The highest BCUT2D eigenvalue weighted by molar-refractivity contribution is 6.51. The van der Waals surface area contributed by atoms with Crippen molar-refractivity contribution in [2.75, 3.05) is 25.2 Å². The van der Waals surface area contributed by atoms with E-state index in [0.717, 1.165) is 17.0 Å². The molecule has 1 fully saturated rings. The lowest BCUT2D eigenvalue weighted by Crippen LogP contribution is -2.30. The molecule has 1 atom stereocenters. The van der Waals surface area contributed by atoms with Gasteiger partial charge in [0.05, 0.1) is 23.9 Å². The van der Waals surface area contributed by atoms with Gasteiger partial charge in [-0.1, -0.05) is 12.1 Å². The normalized spacial score (nSPS) is 17.1. The van der Waals surface area contributed by atoms with E-state index in [1.54, 1.807) is 25.1 Å². The average Bonchev–Trinajstić information content (AvgIpc) is 3.14. The summed E-state index contributed by atoms with van der Waals surface area (Å²) >= 11 is 0. The summed E-state index contributed by atoms with van der Waals surface area (Å²) in [5, 5.41) is 19.1. The summed E-state index contributed by atoms with van der Waals surface area (Å²) in [6, 6.07) is 12.7. The molecule has 1 aliphatic heterocycles. The number of hydrogen-bond acceptors (Lipinski definition) is 8. The van der Waals surface area contributed by atoms with Crippen LogP contribution in [0.3, 0.4) is 0 Å². The van der Waals surface area contributed by atoms with Crippen molar-refractivity contribution in [2.45, 2.75) is 19.3 Å². The van der Waals surface area contributed by atoms with Gasteiger partial charge < -0.3 is 19.3 Å². The summed E-state index contributed by atoms with van der Waals surface area (Å²) in [5.41, 5.74) is 0.750. The zero-order valence-electron chi connectivity index (χ0n) is 20.2. The molecular weight excluding hydrogens is 507 g/mol. The van der Waals surface area contributed by atoms with Crippen LogP contribution in [0.25, 0.3) is 5.76 Å². The number of benzene rings is 2. The molecule has 12 heteroatoms. The Morgan fingerprint density at radius 1 is 0.947 bits per heavy atom. The third-order valence-electron chi connectivity index (χ3n) is 5.59. The van der Waals surface area contributed by atoms with Gasteiger partial charge in [0, 0.05) is 12.7 Å². The predicted molar refractivity (Wildman–Crippen MR) is 128 cm³/mol. The van der Waals surface area contributed by atoms with Gasteiger partial charge in [0.15, 0.2) is 5.82 Å². The highest BCUT2D eigenvalue weighted by atomic mass is 19.4. The SMILES string of the molecule is COCCOc1ccc(C(O)=C2C(=O)C(=O)N(c3ccc(C)nn3)C2c2ccc(OC(F)(F)F)cc2)cc1. The summed E-state index contributed by atoms with van der Waals surface area (Å²) in [6.45, 7) is 2.36. The van der Waals surface area contributed by atoms with E-state index >= 15 is 0 Å². The molecule has 1 unspecified atom stereocenters. The zero-order chi connectivity index (χ0) is 27.4. The van der Waals surface area contributed by atoms with Crippen LogP contribution in [0, 0.1) is 6.92 Å². The van der Waals surface area contributed by atoms with Crippen molar-refractivity contribution >= 4 is 23.3 Å². The fraction of sp³-hybridized carbons (Fsp3) is 0.231. The van der Waals surface area contributed by atoms with Gasteiger partial charge in [0.1, 0.15) is 23.9 Å². The van der Waals surface area contributed by atoms with Crippen molar-refractivity contribution in [3.05, 3.63) is 83.1 Å². The predicted octanol–water partition coefficient (Wildman–Crippen LogP) is 4.34. The molecular formula is C26H22F3N3O6. The van der Waals surface area contributed by atoms with Crippen molar-refractivity contribution in [3.63, 3.8) is 0 Å². The monoisotopic (exact) mass is 529 g/mol. The van der Waals surface area contributed by atoms with Crippen molar-refractivity contribution in [1.29, 1.82) is 0 Å². The Balaban J connectivity index is 1.78. The second-order valence-electron chi connectivity index (χ2n) is 8.18. The lowest BCUT2D eigenvalue weighted by atomic mass is 9.95. The Morgan fingerprint density at radius 2 is 1.61 bits per heavy atom. The van der Waals surface area contributed by atoms with Crippen LogP contribution in [-0.2, 0) is 14.3 Å². The van der Waals surface area contributed by atoms with Gasteiger partial charge in [0.2, 0.25) is 0 Å². The van der Waals surface area contributed by atoms with Crippen LogP contribution >= 0.6 is 0 Å². The molecule has 2 aromatic carbocycles. The maximum absolute atomic E-state index is 13.2. The first-order valence-electron chi connectivity index (χ1n) is 11.3. The molecule has 2 heterocycles. The number of amides is 1. The molecule has 0 bridgehead atoms. The van der Waals surface area contributed by atoms with Gasteiger partial charge in [-0.25, -0.2) is 0 Å². The summed E-state index contributed by atoms with van der Waals surface area (Å²) in [4.78, 5) is 27.4. The summed E-state index contributed by atoms with van der Waals surface area (Å²) in [5.74, 6) is -2.42. The third-order valence-corrected chi connectivity index (χ3v) is 5.59. The second kappa shape index (κ2) is 10.9. The van der Waals surface area contributed by atoms with Crippen LogP contribution in [0.2, 0.25) is 0 Å². The Hall–Kier alpha value is -4.45. The van der Waals surface area contributed by atoms with E-state index < -0.39 is 35.6 Å². The summed E-state index contributed by atoms with van der Waals surface area (Å²) < 4.78 is 52.3. The lowest BCUT2D eigenvalue weighted by Gasteiger charge is -2.24. The Morgan fingerprint density at radius 3 is 2.18 bits per heavy atom. The molecule has 38 heavy (non-hydrogen) atoms. The Labute approximate surface area is 215 Å². The van der Waals surface area contributed by atoms with Crippen molar-refractivity contribution in [1.82, 2.24) is 10.2 Å². The standard InChI is InChI=1S/C26H22F3N3O6/c1-15-3-12-20(31-30-15)32-22(16-4-10-19(11-5-16)38-26(27,28)29)21(24(34)25(32)35)23(33)17-6-8-18(9-7-17)37-14-13-36-2/h3-12,22,33H,13-14H2,1-2H3. The highest BCUT2D eigenvalue weighted by Gasteiger charge is 2.47. The molecule has 198 valence electrons. The summed E-state index contributed by atoms with van der Waals surface area (Å²) in [7, 11) is 1.54. The second-order valence-corrected chi connectivity index (χ2v) is 8.18. The number of alkyl halides is 3. The molecule has 0 aliphatic carbocycles. The maximum atomic E-state index is 13.2. The van der Waals surface area contributed by atoms with Crippen LogP contribution in [0.1, 0.15) is 22.9 Å². The number of ketones is 1. The topological polar surface area (TPSA) is 111 Å². The smallest absolute Gasteiger partial charge is 0.507 e. The molecule has 0 saturated carbocycles. The fourth-order valence-electron chi connectivity index (χ4n) is 3.86. The number of rotatable bonds is 8. The molecule has 1 aliphatic rings. The number of carbonyl (C=O) groups is 2. The van der Waals surface area contributed by atoms with Gasteiger partial charge in [-0.2, -0.15) is 5.10 Å². The van der Waals surface area contributed by atoms with E-state index in [1.807, 2.05) is 0 Å². The summed E-state index contributed by atoms with van der Waals surface area (Å²) in [6.07, 6.45) is -4.90. The maximum Gasteiger partial charge on any atom is 0.573 e. The van der Waals surface area contributed by atoms with E-state index in [9.17, 15) is 27.9 Å². The highest BCUT2D eigenvalue weighted by Crippen LogP contribution is 2.42. The molecule has 0 spiro atoms. The molecule has 1 saturated heterocycles. The van der Waals surface area contributed by atoms with Crippen molar-refractivity contribution in [2.24, 2.45) is 0 Å². The number of methoxy groups -OCH3 is 1. The number of ether oxygens (including phenoxy) is 3. The fourth-order valence-corrected chi connectivity index (χ4v) is 3.86. The van der Waals surface area contributed by atoms with Gasteiger partial charge in [-0.05, 0) is 61.0 Å². The largest absolute Gasteiger partial charge is 0.573 e. The Bertz CT molecular complexity index is 1340. The molecule has 1 aromatic heterocycles. The van der Waals surface area contributed by atoms with Crippen LogP contribution in [-0.4, -0.2) is 53.7 Å². The number of nitrogens with zero attached hydrogens (tertiary/aromatic N) is 3. The van der Waals surface area contributed by atoms with Gasteiger partial charge in [-0.3, -0.25) is 14.5 Å². The van der Waals surface area contributed by atoms with Crippen molar-refractivity contribution in [3.8, 4) is 11.5 Å². The van der Waals surface area contributed by atoms with E-state index in [2.05, 4.69) is 14.9 Å². The molecule has 0 radical (unpaired) electrons. The van der Waals surface area contributed by atoms with Crippen LogP contribution in [0.5, 0.6) is 11.5 Å². The lowest BCUT2D eigenvalue weighted by molar-refractivity contribution is -0.274. The van der Waals surface area contributed by atoms with Gasteiger partial charge in [0.25, 0.3) is 5.78 Å². The molecule has 3 aromatic rings. The van der Waals surface area contributed by atoms with Gasteiger partial charge in [-0.15, -0.1) is 18.3 Å². The minimum Gasteiger partial charge on any atom is -0.507 e. The first kappa shape index (κ1) is 26.6. The number of aliphatic hydroxyl groups is 1. The number of anilines is 1. The number of aromatic nitrogens is 2. The van der Waals surface area contributed by atoms with E-state index in [4.69, 9.17) is 9.47 Å². The minimum atomic E-state index is -4.90. The number of halogens is 3. The minimum absolute atomic E-state index is 0.0271. The Kier molecular flexibility index (Phi) is 7.62. The number of carbonyl (C=O) groups excluding carboxylic acids is 2. The number of hydrogen-bond donors (Lipinski definition) is 1. The number of Topliss-reactive ketones (excluding diaryl/α,β-unsaturated/α-hetero) is 1. The number of aliphatic hydroxyl groups excluding tert-OH is 1. The van der Waals surface area contributed by atoms with E-state index in [1.165, 1.54) is 37.4 Å². The van der Waals surface area contributed by atoms with Crippen molar-refractivity contribution < 1.29 is 42.1 Å². The average molecular weight is 529 g/mol. The van der Waals surface area contributed by atoms with Crippen LogP contribution in [0.4, 0.5) is 19.0 Å². The van der Waals surface area contributed by atoms with E-state index in [-0.39, 0.29) is 22.5 Å². The number of aryl methyl sites for hydroxylation is 1. The first-order valence-corrected chi connectivity index (χ1v) is 11.3. The quantitative estimate of drug-likeness (QED) is 0.199. The molecule has 1 N–H and O–H groups in total. The first-order chi connectivity index (χ1) is 18.1. The molecule has 4 rings (SSSR count). The van der Waals surface area contributed by atoms with Gasteiger partial charge >= 0.3 is 12.3 Å². The van der Waals surface area contributed by atoms with E-state index in [0.29, 0.717) is 24.7 Å². The molecule has 9 nitrogen and oxygen atoms in total.